The molecule has 0 aliphatic heterocycles. The SMILES string of the molecule is COc1cc(S(=O)(=O)Nc2ccccc2)ccc1N=Cc1c(O)n(-c2cc(C)c(Br)cc2C)c(=O)[nH]c1=O. The number of ether oxygens (including phenoxy) is 1. The molecule has 0 unspecified atom stereocenters. The van der Waals surface area contributed by atoms with Crippen LogP contribution in [0.15, 0.2) is 84.6 Å². The summed E-state index contributed by atoms with van der Waals surface area (Å²) in [6, 6.07) is 15.9. The van der Waals surface area contributed by atoms with E-state index in [1.807, 2.05) is 6.92 Å². The van der Waals surface area contributed by atoms with E-state index in [-0.39, 0.29) is 21.9 Å². The predicted molar refractivity (Wildman–Crippen MR) is 149 cm³/mol. The molecule has 0 bridgehead atoms. The summed E-state index contributed by atoms with van der Waals surface area (Å²) in [5.74, 6) is -0.488. The van der Waals surface area contributed by atoms with Crippen molar-refractivity contribution in [1.29, 1.82) is 0 Å². The van der Waals surface area contributed by atoms with Gasteiger partial charge in [-0.1, -0.05) is 34.1 Å². The molecule has 0 aliphatic rings. The van der Waals surface area contributed by atoms with Crippen molar-refractivity contribution in [3.63, 3.8) is 0 Å². The number of aromatic hydroxyl groups is 1. The highest BCUT2D eigenvalue weighted by atomic mass is 79.9. The van der Waals surface area contributed by atoms with E-state index < -0.39 is 27.2 Å². The zero-order valence-corrected chi connectivity index (χ0v) is 22.9. The van der Waals surface area contributed by atoms with Gasteiger partial charge in [-0.2, -0.15) is 0 Å². The van der Waals surface area contributed by atoms with Crippen molar-refractivity contribution >= 4 is 43.5 Å². The minimum absolute atomic E-state index is 0.0625. The van der Waals surface area contributed by atoms with Crippen LogP contribution in [0.3, 0.4) is 0 Å². The van der Waals surface area contributed by atoms with Crippen LogP contribution >= 0.6 is 15.9 Å². The molecular formula is C26H23BrN4O6S. The zero-order valence-electron chi connectivity index (χ0n) is 20.5. The molecule has 0 atom stereocenters. The molecule has 0 radical (unpaired) electrons. The Morgan fingerprint density at radius 2 is 1.76 bits per heavy atom. The number of para-hydroxylation sites is 1. The summed E-state index contributed by atoms with van der Waals surface area (Å²) in [6.45, 7) is 3.59. The first-order valence-electron chi connectivity index (χ1n) is 11.2. The van der Waals surface area contributed by atoms with Crippen LogP contribution in [0, 0.1) is 13.8 Å². The molecule has 1 aromatic heterocycles. The van der Waals surface area contributed by atoms with Crippen molar-refractivity contribution < 1.29 is 18.3 Å². The second kappa shape index (κ2) is 10.7. The van der Waals surface area contributed by atoms with Gasteiger partial charge in [0, 0.05) is 22.4 Å². The number of nitrogens with one attached hydrogen (secondary N) is 2. The van der Waals surface area contributed by atoms with E-state index >= 15 is 0 Å². The van der Waals surface area contributed by atoms with Crippen LogP contribution in [-0.4, -0.2) is 36.4 Å². The third-order valence-corrected chi connectivity index (χ3v) is 7.89. The number of aryl methyl sites for hydroxylation is 2. The lowest BCUT2D eigenvalue weighted by Gasteiger charge is -2.14. The van der Waals surface area contributed by atoms with Gasteiger partial charge in [-0.3, -0.25) is 19.5 Å². The van der Waals surface area contributed by atoms with E-state index in [0.29, 0.717) is 16.9 Å². The van der Waals surface area contributed by atoms with E-state index in [4.69, 9.17) is 4.74 Å². The summed E-state index contributed by atoms with van der Waals surface area (Å²) < 4.78 is 35.2. The molecule has 0 saturated heterocycles. The molecule has 4 rings (SSSR count). The van der Waals surface area contributed by atoms with Gasteiger partial charge in [-0.15, -0.1) is 0 Å². The first-order chi connectivity index (χ1) is 18.0. The summed E-state index contributed by atoms with van der Waals surface area (Å²) in [4.78, 5) is 31.5. The zero-order chi connectivity index (χ0) is 27.6. The fraction of sp³-hybridized carbons (Fsp3) is 0.115. The number of aliphatic imine (C=N–C) groups is 1. The molecular weight excluding hydrogens is 576 g/mol. The molecule has 0 saturated carbocycles. The van der Waals surface area contributed by atoms with Crippen LogP contribution in [0.5, 0.6) is 11.6 Å². The molecule has 12 heteroatoms. The molecule has 196 valence electrons. The number of halogens is 1. The van der Waals surface area contributed by atoms with Gasteiger partial charge in [0.15, 0.2) is 0 Å². The number of rotatable bonds is 7. The van der Waals surface area contributed by atoms with E-state index in [0.717, 1.165) is 20.8 Å². The largest absolute Gasteiger partial charge is 0.494 e. The molecule has 0 aliphatic carbocycles. The van der Waals surface area contributed by atoms with Crippen molar-refractivity contribution in [1.82, 2.24) is 9.55 Å². The second-order valence-corrected chi connectivity index (χ2v) is 10.8. The Kier molecular flexibility index (Phi) is 7.56. The second-order valence-electron chi connectivity index (χ2n) is 8.28. The highest BCUT2D eigenvalue weighted by molar-refractivity contribution is 9.10. The topological polar surface area (TPSA) is 143 Å². The van der Waals surface area contributed by atoms with Gasteiger partial charge in [0.1, 0.15) is 17.0 Å². The highest BCUT2D eigenvalue weighted by Gasteiger charge is 2.19. The van der Waals surface area contributed by atoms with Gasteiger partial charge >= 0.3 is 5.69 Å². The molecule has 10 nitrogen and oxygen atoms in total. The van der Waals surface area contributed by atoms with Gasteiger partial charge in [0.25, 0.3) is 15.6 Å². The van der Waals surface area contributed by atoms with Gasteiger partial charge < -0.3 is 9.84 Å². The lowest BCUT2D eigenvalue weighted by molar-refractivity contribution is 0.415. The fourth-order valence-corrected chi connectivity index (χ4v) is 5.20. The van der Waals surface area contributed by atoms with Crippen molar-refractivity contribution in [2.75, 3.05) is 11.8 Å². The van der Waals surface area contributed by atoms with Crippen LogP contribution in [0.2, 0.25) is 0 Å². The summed E-state index contributed by atoms with van der Waals surface area (Å²) in [5, 5.41) is 10.9. The number of benzene rings is 3. The minimum atomic E-state index is -3.91. The van der Waals surface area contributed by atoms with Crippen LogP contribution in [0.1, 0.15) is 16.7 Å². The van der Waals surface area contributed by atoms with Crippen molar-refractivity contribution in [2.24, 2.45) is 4.99 Å². The molecule has 0 spiro atoms. The number of aromatic nitrogens is 2. The maximum atomic E-state index is 12.8. The summed E-state index contributed by atoms with van der Waals surface area (Å²) in [5.41, 5.74) is 0.549. The number of methoxy groups -OCH3 is 1. The summed E-state index contributed by atoms with van der Waals surface area (Å²) in [6.07, 6.45) is 1.08. The van der Waals surface area contributed by atoms with Crippen LogP contribution < -0.4 is 20.7 Å². The van der Waals surface area contributed by atoms with Crippen molar-refractivity contribution in [2.45, 2.75) is 18.7 Å². The van der Waals surface area contributed by atoms with Gasteiger partial charge in [-0.05, 0) is 61.4 Å². The first-order valence-corrected chi connectivity index (χ1v) is 13.4. The Balaban J connectivity index is 1.73. The smallest absolute Gasteiger partial charge is 0.335 e. The number of sulfonamides is 1. The molecule has 3 N–H and O–H groups in total. The number of anilines is 1. The van der Waals surface area contributed by atoms with E-state index in [1.165, 1.54) is 25.3 Å². The Bertz CT molecular complexity index is 1780. The third-order valence-electron chi connectivity index (χ3n) is 5.66. The van der Waals surface area contributed by atoms with Crippen LogP contribution in [0.4, 0.5) is 11.4 Å². The average Bonchev–Trinajstić information content (AvgIpc) is 2.87. The van der Waals surface area contributed by atoms with Gasteiger partial charge in [-0.25, -0.2) is 17.8 Å². The highest BCUT2D eigenvalue weighted by Crippen LogP contribution is 2.31. The van der Waals surface area contributed by atoms with Crippen LogP contribution in [0.25, 0.3) is 5.69 Å². The molecule has 3 aromatic carbocycles. The Morgan fingerprint density at radius 1 is 1.05 bits per heavy atom. The number of hydrogen-bond donors (Lipinski definition) is 3. The number of aromatic amines is 1. The minimum Gasteiger partial charge on any atom is -0.494 e. The van der Waals surface area contributed by atoms with E-state index in [1.54, 1.807) is 49.4 Å². The van der Waals surface area contributed by atoms with Crippen LogP contribution in [-0.2, 0) is 10.0 Å². The lowest BCUT2D eigenvalue weighted by atomic mass is 10.1. The maximum absolute atomic E-state index is 12.8. The average molecular weight is 599 g/mol. The van der Waals surface area contributed by atoms with Crippen molar-refractivity contribution in [3.05, 3.63) is 103 Å². The molecule has 0 fully saturated rings. The standard InChI is InChI=1S/C26H23BrN4O6S/c1-15-12-22(16(2)11-20(15)27)31-25(33)19(24(32)29-26(31)34)14-28-21-10-9-18(13-23(21)37-3)38(35,36)30-17-7-5-4-6-8-17/h4-14,30,33H,1-3H3,(H,29,32,34). The molecule has 4 aromatic rings. The normalized spacial score (nSPS) is 11.6. The Labute approximate surface area is 226 Å². The fourth-order valence-electron chi connectivity index (χ4n) is 3.67. The number of nitrogens with zero attached hydrogens (tertiary/aromatic N) is 2. The number of hydrogen-bond acceptors (Lipinski definition) is 7. The quantitative estimate of drug-likeness (QED) is 0.272. The monoisotopic (exact) mass is 598 g/mol. The maximum Gasteiger partial charge on any atom is 0.335 e. The molecule has 0 amide bonds. The Hall–Kier alpha value is -4.16. The predicted octanol–water partition coefficient (Wildman–Crippen LogP) is 4.17. The first kappa shape index (κ1) is 26.9. The third kappa shape index (κ3) is 5.41. The van der Waals surface area contributed by atoms with Crippen molar-refractivity contribution in [3.8, 4) is 17.3 Å². The number of H-pyrrole nitrogens is 1. The van der Waals surface area contributed by atoms with Gasteiger partial charge in [0.05, 0.1) is 17.7 Å². The molecule has 1 heterocycles. The van der Waals surface area contributed by atoms with E-state index in [2.05, 4.69) is 30.6 Å². The summed E-state index contributed by atoms with van der Waals surface area (Å²) >= 11 is 3.43. The summed E-state index contributed by atoms with van der Waals surface area (Å²) in [7, 11) is -2.57. The van der Waals surface area contributed by atoms with E-state index in [9.17, 15) is 23.1 Å². The lowest BCUT2D eigenvalue weighted by Crippen LogP contribution is -2.31. The Morgan fingerprint density at radius 3 is 2.45 bits per heavy atom. The molecule has 38 heavy (non-hydrogen) atoms. The van der Waals surface area contributed by atoms with Gasteiger partial charge in [0.2, 0.25) is 5.88 Å².